The summed E-state index contributed by atoms with van der Waals surface area (Å²) in [5.41, 5.74) is 0.519. The number of hydrogen-bond donors (Lipinski definition) is 0. The molecule has 7 heteroatoms. The van der Waals surface area contributed by atoms with Crippen molar-refractivity contribution in [1.29, 1.82) is 0 Å². The van der Waals surface area contributed by atoms with E-state index in [4.69, 9.17) is 4.74 Å². The molecule has 0 spiro atoms. The number of methoxy groups -OCH3 is 2. The highest BCUT2D eigenvalue weighted by molar-refractivity contribution is 5.97. The standard InChI is InChI=1S/C17H22N2O5/c1-23-14-6-4-3-5-13(14)17(22)19-11-9-18(10-12-19)15(20)7-8-16(21)24-2/h3-6H,7-12H2,1-2H3. The number of carbonyl (C=O) groups is 3. The Bertz CT molecular complexity index is 609. The molecule has 1 fully saturated rings. The number of para-hydroxylation sites is 1. The van der Waals surface area contributed by atoms with Crippen LogP contribution in [0.1, 0.15) is 23.2 Å². The smallest absolute Gasteiger partial charge is 0.306 e. The minimum atomic E-state index is -0.395. The third-order valence-electron chi connectivity index (χ3n) is 4.03. The minimum Gasteiger partial charge on any atom is -0.496 e. The molecule has 1 saturated heterocycles. The molecule has 2 amide bonds. The molecule has 0 atom stereocenters. The van der Waals surface area contributed by atoms with E-state index in [-0.39, 0.29) is 24.7 Å². The van der Waals surface area contributed by atoms with Gasteiger partial charge in [0.25, 0.3) is 5.91 Å². The third-order valence-corrected chi connectivity index (χ3v) is 4.03. The topological polar surface area (TPSA) is 76.2 Å². The lowest BCUT2D eigenvalue weighted by Crippen LogP contribution is -2.50. The Labute approximate surface area is 141 Å². The second kappa shape index (κ2) is 8.33. The maximum atomic E-state index is 12.6. The van der Waals surface area contributed by atoms with Crippen LogP contribution in [-0.2, 0) is 14.3 Å². The highest BCUT2D eigenvalue weighted by Crippen LogP contribution is 2.20. The van der Waals surface area contributed by atoms with Crippen LogP contribution in [0.15, 0.2) is 24.3 Å². The number of benzene rings is 1. The molecule has 24 heavy (non-hydrogen) atoms. The van der Waals surface area contributed by atoms with E-state index in [1.807, 2.05) is 6.07 Å². The van der Waals surface area contributed by atoms with Gasteiger partial charge in [-0.15, -0.1) is 0 Å². The van der Waals surface area contributed by atoms with E-state index >= 15 is 0 Å². The van der Waals surface area contributed by atoms with Crippen molar-refractivity contribution in [2.45, 2.75) is 12.8 Å². The summed E-state index contributed by atoms with van der Waals surface area (Å²) >= 11 is 0. The zero-order chi connectivity index (χ0) is 17.5. The Balaban J connectivity index is 1.89. The molecule has 130 valence electrons. The summed E-state index contributed by atoms with van der Waals surface area (Å²) in [6, 6.07) is 7.09. The number of rotatable bonds is 5. The zero-order valence-corrected chi connectivity index (χ0v) is 14.0. The first-order valence-electron chi connectivity index (χ1n) is 7.83. The molecule has 1 heterocycles. The molecule has 0 saturated carbocycles. The summed E-state index contributed by atoms with van der Waals surface area (Å²) in [7, 11) is 2.83. The first kappa shape index (κ1) is 17.8. The van der Waals surface area contributed by atoms with Crippen LogP contribution >= 0.6 is 0 Å². The molecule has 0 radical (unpaired) electrons. The highest BCUT2D eigenvalue weighted by atomic mass is 16.5. The van der Waals surface area contributed by atoms with E-state index in [9.17, 15) is 14.4 Å². The maximum Gasteiger partial charge on any atom is 0.306 e. The van der Waals surface area contributed by atoms with Crippen molar-refractivity contribution in [3.05, 3.63) is 29.8 Å². The lowest BCUT2D eigenvalue weighted by molar-refractivity contribution is -0.143. The molecule has 2 rings (SSSR count). The predicted molar refractivity (Wildman–Crippen MR) is 86.7 cm³/mol. The summed E-state index contributed by atoms with van der Waals surface area (Å²) in [5.74, 6) is -0.0497. The molecule has 1 aliphatic heterocycles. The number of piperazine rings is 1. The molecule has 1 aromatic carbocycles. The van der Waals surface area contributed by atoms with Crippen LogP contribution in [0.5, 0.6) is 5.75 Å². The summed E-state index contributed by atoms with van der Waals surface area (Å²) in [6.07, 6.45) is 0.211. The molecule has 0 unspecified atom stereocenters. The Hall–Kier alpha value is -2.57. The number of carbonyl (C=O) groups excluding carboxylic acids is 3. The summed E-state index contributed by atoms with van der Waals surface area (Å²) in [5, 5.41) is 0. The van der Waals surface area contributed by atoms with Gasteiger partial charge in [0.2, 0.25) is 5.91 Å². The molecule has 0 aromatic heterocycles. The van der Waals surface area contributed by atoms with Crippen LogP contribution < -0.4 is 4.74 Å². The van der Waals surface area contributed by atoms with Gasteiger partial charge in [0.15, 0.2) is 0 Å². The van der Waals surface area contributed by atoms with Gasteiger partial charge in [0.05, 0.1) is 26.2 Å². The van der Waals surface area contributed by atoms with Gasteiger partial charge in [-0.25, -0.2) is 0 Å². The number of hydrogen-bond acceptors (Lipinski definition) is 5. The average molecular weight is 334 g/mol. The van der Waals surface area contributed by atoms with E-state index in [2.05, 4.69) is 4.74 Å². The minimum absolute atomic E-state index is 0.0791. The van der Waals surface area contributed by atoms with E-state index in [0.29, 0.717) is 37.5 Å². The van der Waals surface area contributed by atoms with E-state index in [0.717, 1.165) is 0 Å². The van der Waals surface area contributed by atoms with Crippen LogP contribution in [0.3, 0.4) is 0 Å². The van der Waals surface area contributed by atoms with Crippen LogP contribution in [0.4, 0.5) is 0 Å². The Kier molecular flexibility index (Phi) is 6.17. The summed E-state index contributed by atoms with van der Waals surface area (Å²) < 4.78 is 9.76. The molecule has 0 N–H and O–H groups in total. The second-order valence-electron chi connectivity index (χ2n) is 5.45. The Morgan fingerprint density at radius 1 is 0.958 bits per heavy atom. The normalized spacial score (nSPS) is 14.2. The molecule has 1 aliphatic rings. The van der Waals surface area contributed by atoms with Gasteiger partial charge in [-0.2, -0.15) is 0 Å². The third kappa shape index (κ3) is 4.24. The van der Waals surface area contributed by atoms with Gasteiger partial charge < -0.3 is 19.3 Å². The van der Waals surface area contributed by atoms with E-state index in [1.54, 1.807) is 28.0 Å². The summed E-state index contributed by atoms with van der Waals surface area (Å²) in [4.78, 5) is 39.1. The lowest BCUT2D eigenvalue weighted by atomic mass is 10.1. The molecule has 1 aromatic rings. The van der Waals surface area contributed by atoms with Crippen LogP contribution in [0, 0.1) is 0 Å². The first-order valence-corrected chi connectivity index (χ1v) is 7.83. The molecule has 0 aliphatic carbocycles. The molecular formula is C17H22N2O5. The molecular weight excluding hydrogens is 312 g/mol. The van der Waals surface area contributed by atoms with Gasteiger partial charge in [0.1, 0.15) is 5.75 Å². The van der Waals surface area contributed by atoms with Crippen LogP contribution in [-0.4, -0.2) is 68.0 Å². The van der Waals surface area contributed by atoms with E-state index < -0.39 is 5.97 Å². The van der Waals surface area contributed by atoms with Crippen molar-refractivity contribution in [2.75, 3.05) is 40.4 Å². The van der Waals surface area contributed by atoms with Crippen molar-refractivity contribution >= 4 is 17.8 Å². The fourth-order valence-electron chi connectivity index (χ4n) is 2.62. The average Bonchev–Trinajstić information content (AvgIpc) is 2.65. The van der Waals surface area contributed by atoms with Crippen molar-refractivity contribution < 1.29 is 23.9 Å². The number of nitrogens with zero attached hydrogens (tertiary/aromatic N) is 2. The van der Waals surface area contributed by atoms with Gasteiger partial charge in [-0.3, -0.25) is 14.4 Å². The van der Waals surface area contributed by atoms with Crippen LogP contribution in [0.25, 0.3) is 0 Å². The van der Waals surface area contributed by atoms with Gasteiger partial charge in [-0.05, 0) is 12.1 Å². The number of esters is 1. The SMILES string of the molecule is COC(=O)CCC(=O)N1CCN(C(=O)c2ccccc2OC)CC1. The first-order chi connectivity index (χ1) is 11.6. The second-order valence-corrected chi connectivity index (χ2v) is 5.45. The Morgan fingerprint density at radius 3 is 2.21 bits per heavy atom. The quantitative estimate of drug-likeness (QED) is 0.749. The molecule has 7 nitrogen and oxygen atoms in total. The van der Waals surface area contributed by atoms with Crippen molar-refractivity contribution in [3.8, 4) is 5.75 Å². The van der Waals surface area contributed by atoms with Crippen molar-refractivity contribution in [1.82, 2.24) is 9.80 Å². The predicted octanol–water partition coefficient (Wildman–Crippen LogP) is 0.933. The van der Waals surface area contributed by atoms with Gasteiger partial charge in [0, 0.05) is 32.6 Å². The zero-order valence-electron chi connectivity index (χ0n) is 14.0. The molecule has 0 bridgehead atoms. The maximum absolute atomic E-state index is 12.6. The van der Waals surface area contributed by atoms with Crippen molar-refractivity contribution in [3.63, 3.8) is 0 Å². The Morgan fingerprint density at radius 2 is 1.58 bits per heavy atom. The van der Waals surface area contributed by atoms with Crippen molar-refractivity contribution in [2.24, 2.45) is 0 Å². The van der Waals surface area contributed by atoms with E-state index in [1.165, 1.54) is 14.2 Å². The largest absolute Gasteiger partial charge is 0.496 e. The number of ether oxygens (including phenoxy) is 2. The lowest BCUT2D eigenvalue weighted by Gasteiger charge is -2.35. The number of amides is 2. The highest BCUT2D eigenvalue weighted by Gasteiger charge is 2.26. The van der Waals surface area contributed by atoms with Gasteiger partial charge in [-0.1, -0.05) is 12.1 Å². The summed E-state index contributed by atoms with van der Waals surface area (Å²) in [6.45, 7) is 1.84. The fourth-order valence-corrected chi connectivity index (χ4v) is 2.62. The van der Waals surface area contributed by atoms with Gasteiger partial charge >= 0.3 is 5.97 Å². The van der Waals surface area contributed by atoms with Crippen LogP contribution in [0.2, 0.25) is 0 Å². The fraction of sp³-hybridized carbons (Fsp3) is 0.471. The monoisotopic (exact) mass is 334 g/mol.